The van der Waals surface area contributed by atoms with E-state index in [0.29, 0.717) is 11.5 Å². The third-order valence-corrected chi connectivity index (χ3v) is 3.09. The van der Waals surface area contributed by atoms with E-state index < -0.39 is 0 Å². The van der Waals surface area contributed by atoms with Crippen LogP contribution in [0.5, 0.6) is 17.2 Å². The predicted molar refractivity (Wildman–Crippen MR) is 63.6 cm³/mol. The summed E-state index contributed by atoms with van der Waals surface area (Å²) in [4.78, 5) is 0.944. The van der Waals surface area contributed by atoms with Gasteiger partial charge in [-0.2, -0.15) is 0 Å². The van der Waals surface area contributed by atoms with Crippen molar-refractivity contribution >= 4 is 11.8 Å². The Hall–Kier alpha value is -1.07. The molecule has 0 bridgehead atoms. The molecule has 1 aromatic rings. The molecule has 0 radical (unpaired) electrons. The van der Waals surface area contributed by atoms with E-state index >= 15 is 0 Å². The van der Waals surface area contributed by atoms with Gasteiger partial charge in [0, 0.05) is 17.3 Å². The topological polar surface area (TPSA) is 58.9 Å². The zero-order valence-corrected chi connectivity index (χ0v) is 10.2. The van der Waals surface area contributed by atoms with Gasteiger partial charge < -0.3 is 19.7 Å². The fraction of sp³-hybridized carbons (Fsp3) is 0.455. The number of methoxy groups -OCH3 is 2. The lowest BCUT2D eigenvalue weighted by molar-refractivity contribution is 0.296. The zero-order valence-electron chi connectivity index (χ0n) is 9.40. The number of phenolic OH excluding ortho intramolecular Hbond substituents is 1. The molecular weight excluding hydrogens is 228 g/mol. The molecule has 2 N–H and O–H groups in total. The van der Waals surface area contributed by atoms with Crippen LogP contribution in [-0.2, 0) is 0 Å². The number of aliphatic hydroxyl groups is 1. The van der Waals surface area contributed by atoms with Crippen LogP contribution >= 0.6 is 11.8 Å². The highest BCUT2D eigenvalue weighted by molar-refractivity contribution is 7.99. The summed E-state index contributed by atoms with van der Waals surface area (Å²) in [6, 6.07) is 3.50. The van der Waals surface area contributed by atoms with Crippen LogP contribution in [0.15, 0.2) is 17.0 Å². The predicted octanol–water partition coefficient (Wildman–Crippen LogP) is 1.88. The first-order valence-electron chi connectivity index (χ1n) is 4.91. The molecule has 1 rings (SSSR count). The van der Waals surface area contributed by atoms with Crippen molar-refractivity contribution in [3.05, 3.63) is 12.1 Å². The highest BCUT2D eigenvalue weighted by atomic mass is 32.2. The quantitative estimate of drug-likeness (QED) is 0.591. The van der Waals surface area contributed by atoms with Gasteiger partial charge in [0.1, 0.15) is 0 Å². The fourth-order valence-corrected chi connectivity index (χ4v) is 2.10. The number of benzene rings is 1. The van der Waals surface area contributed by atoms with Crippen LogP contribution in [0.2, 0.25) is 0 Å². The van der Waals surface area contributed by atoms with Gasteiger partial charge in [0.2, 0.25) is 5.75 Å². The summed E-state index contributed by atoms with van der Waals surface area (Å²) >= 11 is 1.58. The Morgan fingerprint density at radius 3 is 2.19 bits per heavy atom. The molecule has 0 aliphatic rings. The maximum absolute atomic E-state index is 9.69. The molecule has 16 heavy (non-hydrogen) atoms. The van der Waals surface area contributed by atoms with Crippen LogP contribution in [0.25, 0.3) is 0 Å². The Morgan fingerprint density at radius 1 is 1.19 bits per heavy atom. The number of phenols is 1. The molecule has 0 aromatic heterocycles. The normalized spacial score (nSPS) is 10.2. The van der Waals surface area contributed by atoms with Crippen LogP contribution < -0.4 is 9.47 Å². The SMILES string of the molecule is COc1cc(SCCCO)cc(OC)c1O. The molecule has 0 heterocycles. The van der Waals surface area contributed by atoms with E-state index in [1.54, 1.807) is 23.9 Å². The summed E-state index contributed by atoms with van der Waals surface area (Å²) in [5.74, 6) is 1.61. The molecule has 90 valence electrons. The van der Waals surface area contributed by atoms with Gasteiger partial charge in [-0.25, -0.2) is 0 Å². The third kappa shape index (κ3) is 3.21. The van der Waals surface area contributed by atoms with Gasteiger partial charge in [0.15, 0.2) is 11.5 Å². The molecule has 0 atom stereocenters. The Labute approximate surface area is 99.2 Å². The lowest BCUT2D eigenvalue weighted by Gasteiger charge is -2.10. The minimum absolute atomic E-state index is 0.0107. The van der Waals surface area contributed by atoms with E-state index in [1.807, 2.05) is 0 Å². The largest absolute Gasteiger partial charge is 0.502 e. The van der Waals surface area contributed by atoms with Gasteiger partial charge in [-0.15, -0.1) is 11.8 Å². The molecule has 4 nitrogen and oxygen atoms in total. The lowest BCUT2D eigenvalue weighted by Crippen LogP contribution is -1.91. The minimum Gasteiger partial charge on any atom is -0.502 e. The summed E-state index contributed by atoms with van der Waals surface area (Å²) in [7, 11) is 2.99. The van der Waals surface area contributed by atoms with Crippen LogP contribution in [0, 0.1) is 0 Å². The summed E-state index contributed by atoms with van der Waals surface area (Å²) < 4.78 is 10.1. The molecule has 0 fully saturated rings. The average molecular weight is 244 g/mol. The number of hydrogen-bond acceptors (Lipinski definition) is 5. The number of aromatic hydroxyl groups is 1. The molecule has 5 heteroatoms. The molecule has 0 aliphatic carbocycles. The Kier molecular flexibility index (Phi) is 5.28. The maximum Gasteiger partial charge on any atom is 0.200 e. The third-order valence-electron chi connectivity index (χ3n) is 2.02. The van der Waals surface area contributed by atoms with Crippen LogP contribution in [0.4, 0.5) is 0 Å². The standard InChI is InChI=1S/C11H16O4S/c1-14-9-6-8(16-5-3-4-12)7-10(15-2)11(9)13/h6-7,12-13H,3-5H2,1-2H3. The number of hydrogen-bond donors (Lipinski definition) is 2. The summed E-state index contributed by atoms with van der Waals surface area (Å²) in [5, 5.41) is 18.4. The van der Waals surface area contributed by atoms with Crippen molar-refractivity contribution in [3.8, 4) is 17.2 Å². The minimum atomic E-state index is 0.0107. The van der Waals surface area contributed by atoms with Crippen molar-refractivity contribution in [2.75, 3.05) is 26.6 Å². The van der Waals surface area contributed by atoms with Crippen molar-refractivity contribution in [1.82, 2.24) is 0 Å². The maximum atomic E-state index is 9.69. The second kappa shape index (κ2) is 6.50. The van der Waals surface area contributed by atoms with Gasteiger partial charge >= 0.3 is 0 Å². The Balaban J connectivity index is 2.84. The molecule has 0 unspecified atom stereocenters. The van der Waals surface area contributed by atoms with E-state index in [9.17, 15) is 5.11 Å². The first-order valence-corrected chi connectivity index (χ1v) is 5.90. The van der Waals surface area contributed by atoms with Gasteiger partial charge in [-0.05, 0) is 18.6 Å². The first kappa shape index (κ1) is 13.0. The van der Waals surface area contributed by atoms with Crippen molar-refractivity contribution in [2.24, 2.45) is 0 Å². The van der Waals surface area contributed by atoms with Crippen molar-refractivity contribution in [1.29, 1.82) is 0 Å². The Morgan fingerprint density at radius 2 is 1.75 bits per heavy atom. The van der Waals surface area contributed by atoms with Gasteiger partial charge in [-0.1, -0.05) is 0 Å². The van der Waals surface area contributed by atoms with E-state index in [1.165, 1.54) is 14.2 Å². The molecular formula is C11H16O4S. The van der Waals surface area contributed by atoms with Gasteiger partial charge in [0.25, 0.3) is 0 Å². The van der Waals surface area contributed by atoms with Crippen molar-refractivity contribution in [2.45, 2.75) is 11.3 Å². The second-order valence-corrected chi connectivity index (χ2v) is 4.27. The molecule has 0 saturated carbocycles. The van der Waals surface area contributed by atoms with E-state index in [2.05, 4.69) is 0 Å². The lowest BCUT2D eigenvalue weighted by atomic mass is 10.3. The smallest absolute Gasteiger partial charge is 0.200 e. The van der Waals surface area contributed by atoms with E-state index in [0.717, 1.165) is 17.1 Å². The van der Waals surface area contributed by atoms with Gasteiger partial charge in [-0.3, -0.25) is 0 Å². The van der Waals surface area contributed by atoms with Crippen molar-refractivity contribution < 1.29 is 19.7 Å². The number of aliphatic hydroxyl groups excluding tert-OH is 1. The number of thioether (sulfide) groups is 1. The first-order chi connectivity index (χ1) is 7.72. The molecule has 0 amide bonds. The van der Waals surface area contributed by atoms with Crippen LogP contribution in [-0.4, -0.2) is 36.8 Å². The van der Waals surface area contributed by atoms with Crippen LogP contribution in [0.1, 0.15) is 6.42 Å². The van der Waals surface area contributed by atoms with E-state index in [4.69, 9.17) is 14.6 Å². The number of ether oxygens (including phenoxy) is 2. The molecule has 1 aromatic carbocycles. The monoisotopic (exact) mass is 244 g/mol. The summed E-state index contributed by atoms with van der Waals surface area (Å²) in [6.45, 7) is 0.180. The average Bonchev–Trinajstić information content (AvgIpc) is 2.31. The zero-order chi connectivity index (χ0) is 12.0. The Bertz CT molecular complexity index is 316. The van der Waals surface area contributed by atoms with E-state index in [-0.39, 0.29) is 12.4 Å². The molecule has 0 saturated heterocycles. The van der Waals surface area contributed by atoms with Crippen LogP contribution in [0.3, 0.4) is 0 Å². The molecule has 0 aliphatic heterocycles. The summed E-state index contributed by atoms with van der Waals surface area (Å²) in [6.07, 6.45) is 0.732. The second-order valence-electron chi connectivity index (χ2n) is 3.10. The molecule has 0 spiro atoms. The highest BCUT2D eigenvalue weighted by Gasteiger charge is 2.11. The number of rotatable bonds is 6. The van der Waals surface area contributed by atoms with Gasteiger partial charge in [0.05, 0.1) is 14.2 Å². The highest BCUT2D eigenvalue weighted by Crippen LogP contribution is 2.39. The van der Waals surface area contributed by atoms with Crippen molar-refractivity contribution in [3.63, 3.8) is 0 Å². The summed E-state index contributed by atoms with van der Waals surface area (Å²) in [5.41, 5.74) is 0. The fourth-order valence-electron chi connectivity index (χ4n) is 1.21.